The maximum atomic E-state index is 13.4. The summed E-state index contributed by atoms with van der Waals surface area (Å²) < 4.78 is 46.8. The number of hydrogen-bond acceptors (Lipinski definition) is 4. The molecule has 0 spiro atoms. The van der Waals surface area contributed by atoms with Gasteiger partial charge in [0, 0.05) is 18.8 Å². The molecular formula is C23H27FN2O4S. The maximum Gasteiger partial charge on any atom is 0.246 e. The summed E-state index contributed by atoms with van der Waals surface area (Å²) in [6.07, 6.45) is 3.91. The predicted octanol–water partition coefficient (Wildman–Crippen LogP) is 4.07. The van der Waals surface area contributed by atoms with E-state index in [-0.39, 0.29) is 22.4 Å². The highest BCUT2D eigenvalue weighted by Gasteiger charge is 2.45. The van der Waals surface area contributed by atoms with E-state index in [4.69, 9.17) is 4.74 Å². The van der Waals surface area contributed by atoms with Crippen molar-refractivity contribution in [2.24, 2.45) is 0 Å². The van der Waals surface area contributed by atoms with Gasteiger partial charge in [-0.1, -0.05) is 18.6 Å². The third-order valence-electron chi connectivity index (χ3n) is 6.22. The highest BCUT2D eigenvalue weighted by Crippen LogP contribution is 2.45. The first-order valence-corrected chi connectivity index (χ1v) is 12.2. The number of carbonyl (C=O) groups excluding carboxylic acids is 1. The second kappa shape index (κ2) is 8.59. The fourth-order valence-corrected chi connectivity index (χ4v) is 6.00. The van der Waals surface area contributed by atoms with Crippen LogP contribution in [0.3, 0.4) is 0 Å². The lowest BCUT2D eigenvalue weighted by Crippen LogP contribution is -2.46. The van der Waals surface area contributed by atoms with E-state index >= 15 is 0 Å². The van der Waals surface area contributed by atoms with Crippen molar-refractivity contribution in [1.29, 1.82) is 0 Å². The van der Waals surface area contributed by atoms with Crippen LogP contribution in [0.2, 0.25) is 0 Å². The molecule has 4 rings (SSSR count). The van der Waals surface area contributed by atoms with Crippen LogP contribution in [0.5, 0.6) is 5.75 Å². The Kier molecular flexibility index (Phi) is 6.03. The van der Waals surface area contributed by atoms with Gasteiger partial charge in [-0.3, -0.25) is 4.79 Å². The first-order valence-electron chi connectivity index (χ1n) is 10.7. The Labute approximate surface area is 182 Å². The zero-order valence-corrected chi connectivity index (χ0v) is 18.4. The highest BCUT2D eigenvalue weighted by atomic mass is 32.2. The van der Waals surface area contributed by atoms with E-state index in [1.165, 1.54) is 22.5 Å². The average Bonchev–Trinajstić information content (AvgIpc) is 3.26. The van der Waals surface area contributed by atoms with Crippen molar-refractivity contribution < 1.29 is 22.3 Å². The Morgan fingerprint density at radius 1 is 1.10 bits per heavy atom. The molecule has 1 amide bonds. The molecule has 6 nitrogen and oxygen atoms in total. The molecule has 2 aromatic rings. The summed E-state index contributed by atoms with van der Waals surface area (Å²) in [6, 6.07) is 10.7. The number of nitrogens with one attached hydrogen (secondary N) is 1. The topological polar surface area (TPSA) is 75.7 Å². The quantitative estimate of drug-likeness (QED) is 0.696. The summed E-state index contributed by atoms with van der Waals surface area (Å²) in [6.45, 7) is 3.10. The van der Waals surface area contributed by atoms with Crippen molar-refractivity contribution in [2.45, 2.75) is 49.3 Å². The van der Waals surface area contributed by atoms with Crippen molar-refractivity contribution in [3.05, 3.63) is 53.8 Å². The van der Waals surface area contributed by atoms with Gasteiger partial charge in [0.1, 0.15) is 16.5 Å². The summed E-state index contributed by atoms with van der Waals surface area (Å²) in [4.78, 5) is 13.3. The molecule has 31 heavy (non-hydrogen) atoms. The van der Waals surface area contributed by atoms with Gasteiger partial charge >= 0.3 is 0 Å². The summed E-state index contributed by atoms with van der Waals surface area (Å²) in [7, 11) is -3.72. The second-order valence-corrected chi connectivity index (χ2v) is 10.0. The minimum Gasteiger partial charge on any atom is -0.492 e. The van der Waals surface area contributed by atoms with Gasteiger partial charge in [0.05, 0.1) is 12.0 Å². The average molecular weight is 447 g/mol. The van der Waals surface area contributed by atoms with Crippen LogP contribution in [0.4, 0.5) is 10.1 Å². The third-order valence-corrected chi connectivity index (χ3v) is 8.14. The third kappa shape index (κ3) is 4.06. The lowest BCUT2D eigenvalue weighted by Gasteiger charge is -2.40. The molecule has 2 aromatic carbocycles. The Morgan fingerprint density at radius 2 is 1.77 bits per heavy atom. The number of carbonyl (C=O) groups is 1. The van der Waals surface area contributed by atoms with E-state index in [2.05, 4.69) is 5.32 Å². The number of benzene rings is 2. The van der Waals surface area contributed by atoms with Gasteiger partial charge < -0.3 is 10.1 Å². The Hall–Kier alpha value is -2.45. The molecule has 0 atom stereocenters. The van der Waals surface area contributed by atoms with Crippen LogP contribution in [-0.2, 0) is 20.2 Å². The molecule has 1 N–H and O–H groups in total. The standard InChI is InChI=1S/C23H27FN2O4S/c1-2-30-20-11-10-19(16-21(20)31(28,29)26-14-3-4-15-26)25-22(27)23(12-5-13-23)17-6-8-18(24)9-7-17/h6-11,16H,2-5,12-15H2,1H3,(H,25,27). The Morgan fingerprint density at radius 3 is 2.35 bits per heavy atom. The molecule has 1 heterocycles. The zero-order chi connectivity index (χ0) is 22.1. The van der Waals surface area contributed by atoms with Crippen LogP contribution >= 0.6 is 0 Å². The van der Waals surface area contributed by atoms with Gasteiger partial charge in [-0.25, -0.2) is 12.8 Å². The molecule has 166 valence electrons. The number of rotatable bonds is 7. The SMILES string of the molecule is CCOc1ccc(NC(=O)C2(c3ccc(F)cc3)CCC2)cc1S(=O)(=O)N1CCCC1. The minimum absolute atomic E-state index is 0.0680. The van der Waals surface area contributed by atoms with Crippen molar-refractivity contribution in [2.75, 3.05) is 25.0 Å². The van der Waals surface area contributed by atoms with E-state index < -0.39 is 15.4 Å². The fourth-order valence-electron chi connectivity index (χ4n) is 4.33. The molecule has 1 saturated carbocycles. The van der Waals surface area contributed by atoms with Gasteiger partial charge in [-0.2, -0.15) is 4.31 Å². The molecular weight excluding hydrogens is 419 g/mol. The first kappa shape index (κ1) is 21.8. The summed E-state index contributed by atoms with van der Waals surface area (Å²) in [5, 5.41) is 2.90. The molecule has 0 unspecified atom stereocenters. The van der Waals surface area contributed by atoms with Gasteiger partial charge in [0.15, 0.2) is 0 Å². The molecule has 0 aromatic heterocycles. The van der Waals surface area contributed by atoms with Gasteiger partial charge in [0.25, 0.3) is 0 Å². The number of ether oxygens (including phenoxy) is 1. The number of amides is 1. The summed E-state index contributed by atoms with van der Waals surface area (Å²) >= 11 is 0. The van der Waals surface area contributed by atoms with E-state index in [0.717, 1.165) is 24.8 Å². The van der Waals surface area contributed by atoms with E-state index in [9.17, 15) is 17.6 Å². The number of nitrogens with zero attached hydrogens (tertiary/aromatic N) is 1. The molecule has 0 bridgehead atoms. The smallest absolute Gasteiger partial charge is 0.246 e. The van der Waals surface area contributed by atoms with Crippen LogP contribution in [0.25, 0.3) is 0 Å². The number of sulfonamides is 1. The largest absolute Gasteiger partial charge is 0.492 e. The highest BCUT2D eigenvalue weighted by molar-refractivity contribution is 7.89. The molecule has 1 aliphatic carbocycles. The molecule has 1 aliphatic heterocycles. The predicted molar refractivity (Wildman–Crippen MR) is 116 cm³/mol. The van der Waals surface area contributed by atoms with E-state index in [1.807, 2.05) is 0 Å². The van der Waals surface area contributed by atoms with Crippen molar-refractivity contribution in [3.63, 3.8) is 0 Å². The molecule has 0 radical (unpaired) electrons. The second-order valence-electron chi connectivity index (χ2n) is 8.10. The molecule has 1 saturated heterocycles. The molecule has 8 heteroatoms. The van der Waals surface area contributed by atoms with Gasteiger partial charge in [-0.15, -0.1) is 0 Å². The van der Waals surface area contributed by atoms with Crippen LogP contribution < -0.4 is 10.1 Å². The lowest BCUT2D eigenvalue weighted by atomic mass is 9.64. The summed E-state index contributed by atoms with van der Waals surface area (Å²) in [5.41, 5.74) is 0.452. The first-order chi connectivity index (χ1) is 14.9. The van der Waals surface area contributed by atoms with Crippen molar-refractivity contribution in [1.82, 2.24) is 4.31 Å². The minimum atomic E-state index is -3.72. The Balaban J connectivity index is 1.64. The lowest BCUT2D eigenvalue weighted by molar-refractivity contribution is -0.124. The number of hydrogen-bond donors (Lipinski definition) is 1. The zero-order valence-electron chi connectivity index (χ0n) is 17.6. The van der Waals surface area contributed by atoms with Gasteiger partial charge in [0.2, 0.25) is 15.9 Å². The van der Waals surface area contributed by atoms with Gasteiger partial charge in [-0.05, 0) is 68.5 Å². The molecule has 2 aliphatic rings. The fraction of sp³-hybridized carbons (Fsp3) is 0.435. The number of halogens is 1. The van der Waals surface area contributed by atoms with Crippen LogP contribution in [-0.4, -0.2) is 38.3 Å². The monoisotopic (exact) mass is 446 g/mol. The van der Waals surface area contributed by atoms with Crippen LogP contribution in [0.1, 0.15) is 44.6 Å². The van der Waals surface area contributed by atoms with Crippen molar-refractivity contribution >= 4 is 21.6 Å². The number of anilines is 1. The summed E-state index contributed by atoms with van der Waals surface area (Å²) in [5.74, 6) is -0.273. The normalized spacial score (nSPS) is 18.4. The van der Waals surface area contributed by atoms with E-state index in [0.29, 0.717) is 38.2 Å². The van der Waals surface area contributed by atoms with Crippen LogP contribution in [0, 0.1) is 5.82 Å². The van der Waals surface area contributed by atoms with E-state index in [1.54, 1.807) is 31.2 Å². The molecule has 2 fully saturated rings. The Bertz CT molecular complexity index is 1060. The maximum absolute atomic E-state index is 13.4. The van der Waals surface area contributed by atoms with Crippen molar-refractivity contribution in [3.8, 4) is 5.75 Å². The van der Waals surface area contributed by atoms with Crippen LogP contribution in [0.15, 0.2) is 47.4 Å².